The van der Waals surface area contributed by atoms with Crippen LogP contribution in [0.5, 0.6) is 0 Å². The fourth-order valence-electron chi connectivity index (χ4n) is 1.22. The van der Waals surface area contributed by atoms with Gasteiger partial charge in [0.15, 0.2) is 0 Å². The van der Waals surface area contributed by atoms with Crippen molar-refractivity contribution in [1.29, 1.82) is 0 Å². The Labute approximate surface area is 99.6 Å². The van der Waals surface area contributed by atoms with Gasteiger partial charge in [0.05, 0.1) is 6.54 Å². The quantitative estimate of drug-likeness (QED) is 0.620. The molecule has 0 unspecified atom stereocenters. The Kier molecular flexibility index (Phi) is 4.96. The molecule has 0 heterocycles. The molecule has 1 aromatic carbocycles. The summed E-state index contributed by atoms with van der Waals surface area (Å²) in [6.07, 6.45) is 0. The summed E-state index contributed by atoms with van der Waals surface area (Å²) < 4.78 is 0. The van der Waals surface area contributed by atoms with Gasteiger partial charge in [0, 0.05) is 17.9 Å². The van der Waals surface area contributed by atoms with Crippen LogP contribution in [0.25, 0.3) is 0 Å². The number of anilines is 2. The highest BCUT2D eigenvalue weighted by atomic mass is 16.2. The van der Waals surface area contributed by atoms with Gasteiger partial charge in [0.1, 0.15) is 0 Å². The lowest BCUT2D eigenvalue weighted by Gasteiger charge is -2.08. The molecule has 6 heteroatoms. The van der Waals surface area contributed by atoms with Gasteiger partial charge in [-0.1, -0.05) is 6.07 Å². The van der Waals surface area contributed by atoms with Crippen molar-refractivity contribution in [2.45, 2.75) is 6.92 Å². The van der Waals surface area contributed by atoms with Crippen LogP contribution in [-0.4, -0.2) is 25.0 Å². The summed E-state index contributed by atoms with van der Waals surface area (Å²) in [5, 5.41) is 7.85. The fourth-order valence-corrected chi connectivity index (χ4v) is 1.22. The van der Waals surface area contributed by atoms with E-state index < -0.39 is 0 Å². The largest absolute Gasteiger partial charge is 0.338 e. The molecule has 0 radical (unpaired) electrons. The van der Waals surface area contributed by atoms with Crippen LogP contribution >= 0.6 is 0 Å². The summed E-state index contributed by atoms with van der Waals surface area (Å²) in [5.74, 6) is -0.278. The first-order valence-corrected chi connectivity index (χ1v) is 5.30. The highest BCUT2D eigenvalue weighted by molar-refractivity contribution is 5.94. The third-order valence-electron chi connectivity index (χ3n) is 1.93. The topological polar surface area (TPSA) is 96.2 Å². The smallest absolute Gasteiger partial charge is 0.319 e. The van der Waals surface area contributed by atoms with Gasteiger partial charge in [-0.05, 0) is 25.1 Å². The molecule has 17 heavy (non-hydrogen) atoms. The molecular weight excluding hydrogens is 220 g/mol. The second-order valence-electron chi connectivity index (χ2n) is 3.32. The first kappa shape index (κ1) is 13.0. The van der Waals surface area contributed by atoms with E-state index >= 15 is 0 Å². The molecule has 1 rings (SSSR count). The van der Waals surface area contributed by atoms with Crippen molar-refractivity contribution in [2.75, 3.05) is 23.7 Å². The van der Waals surface area contributed by atoms with Crippen molar-refractivity contribution >= 4 is 23.3 Å². The Morgan fingerprint density at radius 2 is 1.88 bits per heavy atom. The summed E-state index contributed by atoms with van der Waals surface area (Å²) in [4.78, 5) is 22.4. The van der Waals surface area contributed by atoms with E-state index in [2.05, 4.69) is 16.0 Å². The number of hydrogen-bond acceptors (Lipinski definition) is 3. The molecule has 92 valence electrons. The minimum atomic E-state index is -0.283. The van der Waals surface area contributed by atoms with Gasteiger partial charge in [-0.15, -0.1) is 0 Å². The summed E-state index contributed by atoms with van der Waals surface area (Å²) >= 11 is 0. The lowest BCUT2D eigenvalue weighted by atomic mass is 10.2. The van der Waals surface area contributed by atoms with E-state index in [0.717, 1.165) is 0 Å². The average Bonchev–Trinajstić information content (AvgIpc) is 2.29. The molecule has 0 saturated carbocycles. The van der Waals surface area contributed by atoms with Gasteiger partial charge in [-0.25, -0.2) is 4.79 Å². The van der Waals surface area contributed by atoms with E-state index in [1.165, 1.54) is 0 Å². The van der Waals surface area contributed by atoms with E-state index in [4.69, 9.17) is 5.73 Å². The normalized spacial score (nSPS) is 9.53. The summed E-state index contributed by atoms with van der Waals surface area (Å²) in [7, 11) is 0. The first-order valence-electron chi connectivity index (χ1n) is 5.30. The molecular formula is C11H16N4O2. The zero-order chi connectivity index (χ0) is 12.7. The lowest BCUT2D eigenvalue weighted by Crippen LogP contribution is -2.28. The molecule has 0 atom stereocenters. The second-order valence-corrected chi connectivity index (χ2v) is 3.32. The van der Waals surface area contributed by atoms with Crippen molar-refractivity contribution in [1.82, 2.24) is 5.32 Å². The third-order valence-corrected chi connectivity index (χ3v) is 1.93. The number of rotatable bonds is 4. The molecule has 0 bridgehead atoms. The monoisotopic (exact) mass is 236 g/mol. The molecule has 6 nitrogen and oxygen atoms in total. The van der Waals surface area contributed by atoms with Crippen LogP contribution in [0, 0.1) is 0 Å². The Bertz CT molecular complexity index is 406. The van der Waals surface area contributed by atoms with Crippen molar-refractivity contribution in [3.63, 3.8) is 0 Å². The Morgan fingerprint density at radius 1 is 1.24 bits per heavy atom. The average molecular weight is 236 g/mol. The van der Waals surface area contributed by atoms with Crippen LogP contribution in [0.15, 0.2) is 24.3 Å². The van der Waals surface area contributed by atoms with Crippen LogP contribution in [-0.2, 0) is 4.79 Å². The molecule has 0 aliphatic heterocycles. The Morgan fingerprint density at radius 3 is 2.47 bits per heavy atom. The lowest BCUT2D eigenvalue weighted by molar-refractivity contribution is -0.114. The van der Waals surface area contributed by atoms with E-state index in [1.807, 2.05) is 6.92 Å². The SMILES string of the molecule is CCNC(=O)Nc1cccc(NC(=O)CN)c1. The van der Waals surface area contributed by atoms with Gasteiger partial charge in [0.25, 0.3) is 0 Å². The van der Waals surface area contributed by atoms with Crippen molar-refractivity contribution < 1.29 is 9.59 Å². The van der Waals surface area contributed by atoms with E-state index in [0.29, 0.717) is 17.9 Å². The van der Waals surface area contributed by atoms with Gasteiger partial charge in [-0.3, -0.25) is 4.79 Å². The standard InChI is InChI=1S/C11H16N4O2/c1-2-13-11(17)15-9-5-3-4-8(6-9)14-10(16)7-12/h3-6H,2,7,12H2,1H3,(H,14,16)(H2,13,15,17). The predicted molar refractivity (Wildman–Crippen MR) is 66.8 cm³/mol. The molecule has 3 amide bonds. The molecule has 0 aliphatic rings. The number of urea groups is 1. The molecule has 0 aromatic heterocycles. The van der Waals surface area contributed by atoms with Crippen LogP contribution in [0.1, 0.15) is 6.92 Å². The Balaban J connectivity index is 2.65. The number of nitrogens with one attached hydrogen (secondary N) is 3. The van der Waals surface area contributed by atoms with Gasteiger partial charge >= 0.3 is 6.03 Å². The first-order chi connectivity index (χ1) is 8.15. The highest BCUT2D eigenvalue weighted by Gasteiger charge is 2.02. The van der Waals surface area contributed by atoms with E-state index in [1.54, 1.807) is 24.3 Å². The van der Waals surface area contributed by atoms with Crippen LogP contribution in [0.4, 0.5) is 16.2 Å². The van der Waals surface area contributed by atoms with Gasteiger partial charge in [-0.2, -0.15) is 0 Å². The molecule has 0 aliphatic carbocycles. The summed E-state index contributed by atoms with van der Waals surface area (Å²) in [5.41, 5.74) is 6.38. The number of amides is 3. The second kappa shape index (κ2) is 6.49. The minimum absolute atomic E-state index is 0.0754. The number of carbonyl (C=O) groups is 2. The minimum Gasteiger partial charge on any atom is -0.338 e. The number of carbonyl (C=O) groups excluding carboxylic acids is 2. The summed E-state index contributed by atoms with van der Waals surface area (Å²) in [6, 6.07) is 6.55. The van der Waals surface area contributed by atoms with E-state index in [9.17, 15) is 9.59 Å². The molecule has 1 aromatic rings. The maximum Gasteiger partial charge on any atom is 0.319 e. The van der Waals surface area contributed by atoms with Crippen molar-refractivity contribution in [3.8, 4) is 0 Å². The zero-order valence-corrected chi connectivity index (χ0v) is 9.62. The summed E-state index contributed by atoms with van der Waals surface area (Å²) in [6.45, 7) is 2.31. The molecule has 0 spiro atoms. The van der Waals surface area contributed by atoms with Crippen LogP contribution in [0.2, 0.25) is 0 Å². The number of hydrogen-bond donors (Lipinski definition) is 4. The van der Waals surface area contributed by atoms with Crippen LogP contribution < -0.4 is 21.7 Å². The van der Waals surface area contributed by atoms with Crippen molar-refractivity contribution in [2.24, 2.45) is 5.73 Å². The molecule has 0 fully saturated rings. The van der Waals surface area contributed by atoms with Crippen LogP contribution in [0.3, 0.4) is 0 Å². The Hall–Kier alpha value is -2.08. The van der Waals surface area contributed by atoms with Gasteiger partial charge < -0.3 is 21.7 Å². The number of nitrogens with two attached hydrogens (primary N) is 1. The van der Waals surface area contributed by atoms with Gasteiger partial charge in [0.2, 0.25) is 5.91 Å². The molecule has 5 N–H and O–H groups in total. The zero-order valence-electron chi connectivity index (χ0n) is 9.62. The maximum absolute atomic E-state index is 11.3. The van der Waals surface area contributed by atoms with Crippen molar-refractivity contribution in [3.05, 3.63) is 24.3 Å². The van der Waals surface area contributed by atoms with E-state index in [-0.39, 0.29) is 18.5 Å². The third kappa shape index (κ3) is 4.52. The maximum atomic E-state index is 11.3. The highest BCUT2D eigenvalue weighted by Crippen LogP contribution is 2.14. The molecule has 0 saturated heterocycles. The predicted octanol–water partition coefficient (Wildman–Crippen LogP) is 0.725. The number of benzene rings is 1. The fraction of sp³-hybridized carbons (Fsp3) is 0.273.